The maximum atomic E-state index is 13.1. The molecule has 0 aromatic heterocycles. The largest absolute Gasteiger partial charge is 0.478 e. The van der Waals surface area contributed by atoms with Crippen LogP contribution in [0.4, 0.5) is 0 Å². The number of ether oxygens (including phenoxy) is 2. The third-order valence-electron chi connectivity index (χ3n) is 4.03. The van der Waals surface area contributed by atoms with Gasteiger partial charge in [-0.15, -0.1) is 0 Å². The van der Waals surface area contributed by atoms with Gasteiger partial charge in [0.1, 0.15) is 0 Å². The molecule has 0 aliphatic carbocycles. The summed E-state index contributed by atoms with van der Waals surface area (Å²) in [6.07, 6.45) is -0.212. The van der Waals surface area contributed by atoms with Crippen LogP contribution in [-0.2, 0) is 14.9 Å². The summed E-state index contributed by atoms with van der Waals surface area (Å²) in [4.78, 5) is 36.2. The molecule has 16 heteroatoms. The standard InChI is InChI=1S/C18H11Br4ClO10S/c1-2-18(23,28)33-17(27)9-8(10(19)12(21)13(22)11(9)20)16(26)32-7-5-3-4-6(15(24)25)14(7)34(29,30)31/h3-5,28H,2H2,1H3,(H,24,25)(H,29,30,31). The second-order valence-electron chi connectivity index (χ2n) is 6.24. The van der Waals surface area contributed by atoms with E-state index in [2.05, 4.69) is 63.7 Å². The number of hydrogen-bond acceptors (Lipinski definition) is 8. The van der Waals surface area contributed by atoms with Crippen LogP contribution >= 0.6 is 75.3 Å². The minimum Gasteiger partial charge on any atom is -0.478 e. The van der Waals surface area contributed by atoms with E-state index in [0.717, 1.165) is 18.2 Å². The number of aliphatic hydroxyl groups is 1. The number of carbonyl (C=O) groups is 3. The number of carboxylic acid groups (broad SMARTS) is 1. The summed E-state index contributed by atoms with van der Waals surface area (Å²) in [6.45, 7) is 1.42. The first-order chi connectivity index (χ1) is 15.5. The maximum Gasteiger partial charge on any atom is 0.345 e. The topological polar surface area (TPSA) is 164 Å². The van der Waals surface area contributed by atoms with Gasteiger partial charge in [-0.1, -0.05) is 13.0 Å². The fourth-order valence-corrected chi connectivity index (χ4v) is 5.77. The van der Waals surface area contributed by atoms with Gasteiger partial charge in [0.2, 0.25) is 0 Å². The molecule has 2 aromatic rings. The summed E-state index contributed by atoms with van der Waals surface area (Å²) in [5, 5.41) is 16.8. The van der Waals surface area contributed by atoms with Crippen LogP contribution in [0.15, 0.2) is 41.0 Å². The Balaban J connectivity index is 2.75. The van der Waals surface area contributed by atoms with Crippen molar-refractivity contribution >= 4 is 103 Å². The highest BCUT2D eigenvalue weighted by atomic mass is 79.9. The summed E-state index contributed by atoms with van der Waals surface area (Å²) in [5.74, 6) is -5.15. The van der Waals surface area contributed by atoms with Gasteiger partial charge in [0.15, 0.2) is 10.6 Å². The molecule has 10 nitrogen and oxygen atoms in total. The molecule has 0 saturated carbocycles. The van der Waals surface area contributed by atoms with Crippen LogP contribution in [-0.4, -0.2) is 46.3 Å². The molecule has 2 aromatic carbocycles. The molecule has 0 amide bonds. The van der Waals surface area contributed by atoms with Crippen molar-refractivity contribution in [2.24, 2.45) is 0 Å². The number of hydrogen-bond donors (Lipinski definition) is 3. The number of rotatable bonds is 7. The maximum absolute atomic E-state index is 13.1. The van der Waals surface area contributed by atoms with E-state index in [-0.39, 0.29) is 24.3 Å². The van der Waals surface area contributed by atoms with Crippen molar-refractivity contribution < 1.29 is 47.0 Å². The monoisotopic (exact) mass is 770 g/mol. The lowest BCUT2D eigenvalue weighted by molar-refractivity contribution is -0.101. The molecule has 0 heterocycles. The van der Waals surface area contributed by atoms with Crippen LogP contribution in [0.1, 0.15) is 44.4 Å². The third-order valence-corrected chi connectivity index (χ3v) is 10.1. The quantitative estimate of drug-likeness (QED) is 0.0636. The fraction of sp³-hybridized carbons (Fsp3) is 0.167. The first kappa shape index (κ1) is 29.2. The molecule has 0 aliphatic heterocycles. The predicted molar refractivity (Wildman–Crippen MR) is 132 cm³/mol. The number of halogens is 5. The summed E-state index contributed by atoms with van der Waals surface area (Å²) < 4.78 is 43.5. The first-order valence-corrected chi connectivity index (χ1v) is 13.6. The Kier molecular flexibility index (Phi) is 9.35. The molecule has 3 N–H and O–H groups in total. The number of carboxylic acids is 1. The predicted octanol–water partition coefficient (Wildman–Crippen LogP) is 5.35. The van der Waals surface area contributed by atoms with Crippen LogP contribution in [0, 0.1) is 0 Å². The molecule has 0 bridgehead atoms. The number of benzene rings is 2. The molecule has 0 spiro atoms. The van der Waals surface area contributed by atoms with Gasteiger partial charge in [0, 0.05) is 24.3 Å². The zero-order valence-electron chi connectivity index (χ0n) is 16.4. The van der Waals surface area contributed by atoms with E-state index >= 15 is 0 Å². The number of carbonyl (C=O) groups excluding carboxylic acids is 2. The Labute approximate surface area is 230 Å². The Morgan fingerprint density at radius 2 is 1.50 bits per heavy atom. The van der Waals surface area contributed by atoms with Gasteiger partial charge in [0.25, 0.3) is 15.4 Å². The van der Waals surface area contributed by atoms with Gasteiger partial charge in [-0.25, -0.2) is 14.4 Å². The molecular formula is C18H11Br4ClO10S. The third kappa shape index (κ3) is 6.19. The Hall–Kier alpha value is -1.07. The van der Waals surface area contributed by atoms with Gasteiger partial charge in [-0.2, -0.15) is 8.42 Å². The van der Waals surface area contributed by atoms with E-state index in [1.165, 1.54) is 6.92 Å². The molecule has 184 valence electrons. The van der Waals surface area contributed by atoms with Crippen LogP contribution in [0.5, 0.6) is 5.75 Å². The average molecular weight is 774 g/mol. The van der Waals surface area contributed by atoms with E-state index in [9.17, 15) is 37.6 Å². The van der Waals surface area contributed by atoms with E-state index < -0.39 is 60.6 Å². The Morgan fingerprint density at radius 1 is 1.00 bits per heavy atom. The zero-order chi connectivity index (χ0) is 26.2. The van der Waals surface area contributed by atoms with E-state index in [4.69, 9.17) is 21.1 Å². The number of esters is 2. The molecule has 34 heavy (non-hydrogen) atoms. The van der Waals surface area contributed by atoms with Gasteiger partial charge in [-0.3, -0.25) is 4.55 Å². The summed E-state index contributed by atoms with van der Waals surface area (Å²) in [5.41, 5.74) is -1.86. The summed E-state index contributed by atoms with van der Waals surface area (Å²) in [6, 6.07) is 2.88. The highest BCUT2D eigenvalue weighted by Gasteiger charge is 2.35. The average Bonchev–Trinajstić information content (AvgIpc) is 2.72. The van der Waals surface area contributed by atoms with E-state index in [0.29, 0.717) is 0 Å². The molecule has 1 atom stereocenters. The lowest BCUT2D eigenvalue weighted by Crippen LogP contribution is -2.29. The lowest BCUT2D eigenvalue weighted by atomic mass is 10.1. The van der Waals surface area contributed by atoms with Crippen LogP contribution in [0.2, 0.25) is 0 Å². The minimum absolute atomic E-state index is 0.0302. The summed E-state index contributed by atoms with van der Waals surface area (Å²) in [7, 11) is -5.16. The van der Waals surface area contributed by atoms with Crippen molar-refractivity contribution in [2.75, 3.05) is 0 Å². The Bertz CT molecular complexity index is 1310. The molecule has 0 aliphatic rings. The highest BCUT2D eigenvalue weighted by Crippen LogP contribution is 2.43. The van der Waals surface area contributed by atoms with Crippen molar-refractivity contribution in [3.8, 4) is 5.75 Å². The second kappa shape index (κ2) is 10.9. The van der Waals surface area contributed by atoms with Gasteiger partial charge < -0.3 is 19.7 Å². The molecule has 2 rings (SSSR count). The number of alkyl halides is 1. The minimum atomic E-state index is -5.16. The SMILES string of the molecule is CCC(O)(Cl)OC(=O)c1c(Br)c(Br)c(Br)c(Br)c1C(=O)Oc1cccc(C(=O)O)c1S(=O)(=O)O. The molecule has 1 unspecified atom stereocenters. The van der Waals surface area contributed by atoms with Crippen molar-refractivity contribution in [1.82, 2.24) is 0 Å². The smallest absolute Gasteiger partial charge is 0.345 e. The van der Waals surface area contributed by atoms with E-state index in [1.54, 1.807) is 0 Å². The van der Waals surface area contributed by atoms with Crippen LogP contribution in [0.25, 0.3) is 0 Å². The van der Waals surface area contributed by atoms with Crippen LogP contribution < -0.4 is 4.74 Å². The normalized spacial score (nSPS) is 13.2. The number of aromatic carboxylic acids is 1. The van der Waals surface area contributed by atoms with Crippen molar-refractivity contribution in [3.05, 3.63) is 52.8 Å². The molecule has 0 fully saturated rings. The molecule has 0 radical (unpaired) electrons. The highest BCUT2D eigenvalue weighted by molar-refractivity contribution is 9.15. The Morgan fingerprint density at radius 3 is 1.94 bits per heavy atom. The van der Waals surface area contributed by atoms with Crippen molar-refractivity contribution in [2.45, 2.75) is 23.5 Å². The van der Waals surface area contributed by atoms with E-state index in [1.807, 2.05) is 0 Å². The zero-order valence-corrected chi connectivity index (χ0v) is 24.4. The van der Waals surface area contributed by atoms with Gasteiger partial charge >= 0.3 is 17.9 Å². The van der Waals surface area contributed by atoms with Crippen LogP contribution in [0.3, 0.4) is 0 Å². The van der Waals surface area contributed by atoms with Crippen molar-refractivity contribution in [3.63, 3.8) is 0 Å². The summed E-state index contributed by atoms with van der Waals surface area (Å²) >= 11 is 18.4. The van der Waals surface area contributed by atoms with Gasteiger partial charge in [-0.05, 0) is 87.5 Å². The molecular weight excluding hydrogens is 763 g/mol. The fourth-order valence-electron chi connectivity index (χ4n) is 2.46. The molecule has 0 saturated heterocycles. The second-order valence-corrected chi connectivity index (χ2v) is 11.4. The first-order valence-electron chi connectivity index (χ1n) is 8.60. The van der Waals surface area contributed by atoms with Crippen molar-refractivity contribution in [1.29, 1.82) is 0 Å². The van der Waals surface area contributed by atoms with Gasteiger partial charge in [0.05, 0.1) is 16.7 Å². The lowest BCUT2D eigenvalue weighted by Gasteiger charge is -2.21.